The highest BCUT2D eigenvalue weighted by Crippen LogP contribution is 2.31. The summed E-state index contributed by atoms with van der Waals surface area (Å²) in [7, 11) is 0. The third-order valence-corrected chi connectivity index (χ3v) is 3.73. The summed E-state index contributed by atoms with van der Waals surface area (Å²) in [6.45, 7) is 1.12. The number of hydrogen-bond donors (Lipinski definition) is 1. The molecular formula is C15H20FNO. The first-order chi connectivity index (χ1) is 8.81. The Bertz CT molecular complexity index is 417. The van der Waals surface area contributed by atoms with E-state index in [0.29, 0.717) is 0 Å². The Hall–Kier alpha value is -1.09. The normalized spacial score (nSPS) is 21.7. The summed E-state index contributed by atoms with van der Waals surface area (Å²) in [5.41, 5.74) is 1.02. The van der Waals surface area contributed by atoms with Crippen LogP contribution in [0.4, 0.5) is 4.39 Å². The molecule has 1 N–H and O–H groups in total. The van der Waals surface area contributed by atoms with Crippen molar-refractivity contribution in [2.75, 3.05) is 6.54 Å². The van der Waals surface area contributed by atoms with Crippen molar-refractivity contribution in [2.45, 2.75) is 50.7 Å². The first-order valence-electron chi connectivity index (χ1n) is 7.00. The van der Waals surface area contributed by atoms with Gasteiger partial charge in [-0.3, -0.25) is 0 Å². The molecule has 1 aliphatic heterocycles. The second-order valence-electron chi connectivity index (χ2n) is 5.42. The first kappa shape index (κ1) is 12.0. The number of halogens is 1. The Morgan fingerprint density at radius 1 is 1.28 bits per heavy atom. The third kappa shape index (κ3) is 3.02. The van der Waals surface area contributed by atoms with Crippen LogP contribution >= 0.6 is 0 Å². The molecule has 0 spiro atoms. The Labute approximate surface area is 108 Å². The molecule has 3 heteroatoms. The fraction of sp³-hybridized carbons (Fsp3) is 0.600. The van der Waals surface area contributed by atoms with Gasteiger partial charge in [-0.05, 0) is 56.8 Å². The smallest absolute Gasteiger partial charge is 0.123 e. The van der Waals surface area contributed by atoms with Crippen molar-refractivity contribution >= 4 is 0 Å². The van der Waals surface area contributed by atoms with Crippen LogP contribution in [-0.4, -0.2) is 18.7 Å². The van der Waals surface area contributed by atoms with E-state index in [0.717, 1.165) is 36.7 Å². The van der Waals surface area contributed by atoms with Crippen LogP contribution < -0.4 is 10.1 Å². The maximum atomic E-state index is 13.1. The third-order valence-electron chi connectivity index (χ3n) is 3.73. The van der Waals surface area contributed by atoms with E-state index in [1.807, 2.05) is 0 Å². The summed E-state index contributed by atoms with van der Waals surface area (Å²) in [5.74, 6) is 0.712. The first-order valence-corrected chi connectivity index (χ1v) is 7.00. The van der Waals surface area contributed by atoms with E-state index in [4.69, 9.17) is 4.74 Å². The summed E-state index contributed by atoms with van der Waals surface area (Å²) in [5, 5.41) is 3.52. The molecule has 0 radical (unpaired) electrons. The lowest BCUT2D eigenvalue weighted by molar-refractivity contribution is 0.216. The van der Waals surface area contributed by atoms with Gasteiger partial charge in [0, 0.05) is 18.0 Å². The number of fused-ring (bicyclic) bond motifs is 1. The minimum Gasteiger partial charge on any atom is -0.490 e. The average Bonchev–Trinajstić information content (AvgIpc) is 3.08. The molecule has 1 saturated carbocycles. The van der Waals surface area contributed by atoms with Gasteiger partial charge in [-0.25, -0.2) is 4.39 Å². The fourth-order valence-corrected chi connectivity index (χ4v) is 2.54. The highest BCUT2D eigenvalue weighted by atomic mass is 19.1. The number of hydrogen-bond acceptors (Lipinski definition) is 2. The molecule has 0 bridgehead atoms. The zero-order valence-corrected chi connectivity index (χ0v) is 10.6. The molecule has 1 atom stereocenters. The van der Waals surface area contributed by atoms with E-state index in [9.17, 15) is 4.39 Å². The van der Waals surface area contributed by atoms with E-state index in [1.165, 1.54) is 31.7 Å². The lowest BCUT2D eigenvalue weighted by Crippen LogP contribution is -2.18. The van der Waals surface area contributed by atoms with Crippen LogP contribution in [0.2, 0.25) is 0 Å². The predicted octanol–water partition coefficient (Wildman–Crippen LogP) is 3.05. The van der Waals surface area contributed by atoms with Crippen LogP contribution in [0.3, 0.4) is 0 Å². The van der Waals surface area contributed by atoms with Crippen LogP contribution in [0.15, 0.2) is 18.2 Å². The minimum atomic E-state index is -0.161. The van der Waals surface area contributed by atoms with Crippen molar-refractivity contribution in [2.24, 2.45) is 0 Å². The summed E-state index contributed by atoms with van der Waals surface area (Å²) in [4.78, 5) is 0. The fourth-order valence-electron chi connectivity index (χ4n) is 2.54. The molecule has 0 amide bonds. The minimum absolute atomic E-state index is 0.161. The van der Waals surface area contributed by atoms with E-state index >= 15 is 0 Å². The maximum absolute atomic E-state index is 13.1. The van der Waals surface area contributed by atoms with Crippen LogP contribution in [0, 0.1) is 5.82 Å². The van der Waals surface area contributed by atoms with E-state index in [1.54, 1.807) is 12.1 Å². The number of rotatable bonds is 6. The van der Waals surface area contributed by atoms with Gasteiger partial charge in [0.05, 0.1) is 0 Å². The Balaban J connectivity index is 1.37. The zero-order chi connectivity index (χ0) is 12.4. The van der Waals surface area contributed by atoms with Crippen molar-refractivity contribution in [1.29, 1.82) is 0 Å². The second-order valence-corrected chi connectivity index (χ2v) is 5.42. The lowest BCUT2D eigenvalue weighted by Gasteiger charge is -2.10. The van der Waals surface area contributed by atoms with Crippen molar-refractivity contribution in [3.63, 3.8) is 0 Å². The van der Waals surface area contributed by atoms with Gasteiger partial charge in [-0.2, -0.15) is 0 Å². The Morgan fingerprint density at radius 3 is 3.00 bits per heavy atom. The molecule has 18 heavy (non-hydrogen) atoms. The van der Waals surface area contributed by atoms with Crippen LogP contribution in [0.1, 0.15) is 37.7 Å². The molecule has 1 aromatic carbocycles. The van der Waals surface area contributed by atoms with Gasteiger partial charge in [0.2, 0.25) is 0 Å². The van der Waals surface area contributed by atoms with E-state index in [-0.39, 0.29) is 11.9 Å². The summed E-state index contributed by atoms with van der Waals surface area (Å²) < 4.78 is 18.9. The summed E-state index contributed by atoms with van der Waals surface area (Å²) in [6.07, 6.45) is 7.29. The number of unbranched alkanes of at least 4 members (excludes halogenated alkanes) is 1. The molecule has 98 valence electrons. The molecule has 1 heterocycles. The van der Waals surface area contributed by atoms with Crippen molar-refractivity contribution in [3.05, 3.63) is 29.6 Å². The molecule has 2 nitrogen and oxygen atoms in total. The maximum Gasteiger partial charge on any atom is 0.123 e. The van der Waals surface area contributed by atoms with Gasteiger partial charge in [-0.15, -0.1) is 0 Å². The quantitative estimate of drug-likeness (QED) is 0.782. The predicted molar refractivity (Wildman–Crippen MR) is 69.4 cm³/mol. The van der Waals surface area contributed by atoms with Gasteiger partial charge in [0.1, 0.15) is 17.7 Å². The lowest BCUT2D eigenvalue weighted by atomic mass is 10.1. The van der Waals surface area contributed by atoms with Gasteiger partial charge in [0.25, 0.3) is 0 Å². The number of ether oxygens (including phenoxy) is 1. The number of nitrogens with one attached hydrogen (secondary N) is 1. The van der Waals surface area contributed by atoms with Gasteiger partial charge < -0.3 is 10.1 Å². The van der Waals surface area contributed by atoms with Gasteiger partial charge in [-0.1, -0.05) is 0 Å². The van der Waals surface area contributed by atoms with Crippen LogP contribution in [0.25, 0.3) is 0 Å². The van der Waals surface area contributed by atoms with Gasteiger partial charge >= 0.3 is 0 Å². The molecule has 1 aliphatic carbocycles. The van der Waals surface area contributed by atoms with Crippen LogP contribution in [-0.2, 0) is 6.42 Å². The van der Waals surface area contributed by atoms with E-state index < -0.39 is 0 Å². The monoisotopic (exact) mass is 249 g/mol. The van der Waals surface area contributed by atoms with Crippen LogP contribution in [0.5, 0.6) is 5.75 Å². The molecule has 2 aliphatic rings. The number of benzene rings is 1. The molecule has 0 saturated heterocycles. The molecule has 3 rings (SSSR count). The summed E-state index contributed by atoms with van der Waals surface area (Å²) in [6, 6.07) is 5.63. The molecule has 0 aromatic heterocycles. The molecule has 1 aromatic rings. The topological polar surface area (TPSA) is 21.3 Å². The van der Waals surface area contributed by atoms with E-state index in [2.05, 4.69) is 5.32 Å². The van der Waals surface area contributed by atoms with Crippen molar-refractivity contribution in [1.82, 2.24) is 5.32 Å². The molecule has 1 unspecified atom stereocenters. The van der Waals surface area contributed by atoms with Crippen molar-refractivity contribution in [3.8, 4) is 5.75 Å². The standard InChI is InChI=1S/C15H20FNO/c16-12-4-7-15-11(9-12)10-14(18-15)3-1-2-8-17-13-5-6-13/h4,7,9,13-14,17H,1-3,5-6,8,10H2. The largest absolute Gasteiger partial charge is 0.490 e. The van der Waals surface area contributed by atoms with Gasteiger partial charge in [0.15, 0.2) is 0 Å². The molecule has 1 fully saturated rings. The van der Waals surface area contributed by atoms with Crippen molar-refractivity contribution < 1.29 is 9.13 Å². The molecular weight excluding hydrogens is 229 g/mol. The Morgan fingerprint density at radius 2 is 2.17 bits per heavy atom. The Kier molecular flexibility index (Phi) is 3.50. The average molecular weight is 249 g/mol. The summed E-state index contributed by atoms with van der Waals surface area (Å²) >= 11 is 0. The second kappa shape index (κ2) is 5.27. The highest BCUT2D eigenvalue weighted by molar-refractivity contribution is 5.37. The zero-order valence-electron chi connectivity index (χ0n) is 10.6. The SMILES string of the molecule is Fc1ccc2c(c1)CC(CCCCNC1CC1)O2. The highest BCUT2D eigenvalue weighted by Gasteiger charge is 2.23.